The summed E-state index contributed by atoms with van der Waals surface area (Å²) < 4.78 is 5.76. The summed E-state index contributed by atoms with van der Waals surface area (Å²) in [6.45, 7) is 0.787. The average molecular weight is 298 g/mol. The Morgan fingerprint density at radius 2 is 2.15 bits per heavy atom. The SMILES string of the molecule is O=C(NCC1(OCCO)CCCC1)c1cccc(Cl)c1. The van der Waals surface area contributed by atoms with Crippen LogP contribution in [-0.2, 0) is 4.74 Å². The Hall–Kier alpha value is -1.10. The number of benzene rings is 1. The fraction of sp³-hybridized carbons (Fsp3) is 0.533. The minimum absolute atomic E-state index is 0.00396. The highest BCUT2D eigenvalue weighted by atomic mass is 35.5. The number of carbonyl (C=O) groups is 1. The number of rotatable bonds is 6. The molecule has 0 heterocycles. The lowest BCUT2D eigenvalue weighted by Gasteiger charge is -2.29. The summed E-state index contributed by atoms with van der Waals surface area (Å²) in [5.74, 6) is -0.147. The van der Waals surface area contributed by atoms with Crippen LogP contribution in [0.3, 0.4) is 0 Å². The Kier molecular flexibility index (Phi) is 5.40. The van der Waals surface area contributed by atoms with Crippen LogP contribution < -0.4 is 5.32 Å². The molecular weight excluding hydrogens is 278 g/mol. The van der Waals surface area contributed by atoms with E-state index in [0.717, 1.165) is 25.7 Å². The van der Waals surface area contributed by atoms with Crippen molar-refractivity contribution in [2.75, 3.05) is 19.8 Å². The van der Waals surface area contributed by atoms with Crippen molar-refractivity contribution in [3.05, 3.63) is 34.9 Å². The highest BCUT2D eigenvalue weighted by Crippen LogP contribution is 2.32. The lowest BCUT2D eigenvalue weighted by Crippen LogP contribution is -2.43. The molecule has 0 aromatic heterocycles. The Balaban J connectivity index is 1.94. The van der Waals surface area contributed by atoms with Gasteiger partial charge in [-0.2, -0.15) is 0 Å². The van der Waals surface area contributed by atoms with Crippen molar-refractivity contribution in [1.82, 2.24) is 5.32 Å². The van der Waals surface area contributed by atoms with Gasteiger partial charge in [-0.1, -0.05) is 30.5 Å². The number of nitrogens with one attached hydrogen (secondary N) is 1. The van der Waals surface area contributed by atoms with Gasteiger partial charge in [-0.25, -0.2) is 0 Å². The number of aliphatic hydroxyl groups excluding tert-OH is 1. The predicted molar refractivity (Wildman–Crippen MR) is 78.0 cm³/mol. The van der Waals surface area contributed by atoms with Crippen LogP contribution >= 0.6 is 11.6 Å². The Morgan fingerprint density at radius 3 is 2.80 bits per heavy atom. The maximum Gasteiger partial charge on any atom is 0.251 e. The van der Waals surface area contributed by atoms with Gasteiger partial charge in [0.15, 0.2) is 0 Å². The van der Waals surface area contributed by atoms with Crippen LogP contribution in [0, 0.1) is 0 Å². The van der Waals surface area contributed by atoms with Crippen molar-refractivity contribution in [3.63, 3.8) is 0 Å². The van der Waals surface area contributed by atoms with Crippen LogP contribution in [0.4, 0.5) is 0 Å². The second kappa shape index (κ2) is 7.07. The van der Waals surface area contributed by atoms with Gasteiger partial charge in [-0.05, 0) is 31.0 Å². The molecular formula is C15H20ClNO3. The molecule has 1 aliphatic rings. The molecule has 5 heteroatoms. The third-order valence-corrected chi connectivity index (χ3v) is 3.91. The first kappa shape index (κ1) is 15.3. The molecule has 0 spiro atoms. The molecule has 110 valence electrons. The predicted octanol–water partition coefficient (Wildman–Crippen LogP) is 2.39. The van der Waals surface area contributed by atoms with Crippen LogP contribution in [-0.4, -0.2) is 36.4 Å². The summed E-state index contributed by atoms with van der Waals surface area (Å²) in [6.07, 6.45) is 4.03. The van der Waals surface area contributed by atoms with E-state index in [2.05, 4.69) is 5.32 Å². The standard InChI is InChI=1S/C15H20ClNO3/c16-13-5-3-4-12(10-13)14(19)17-11-15(20-9-8-18)6-1-2-7-15/h3-5,10,18H,1-2,6-9,11H2,(H,17,19). The third kappa shape index (κ3) is 3.95. The Labute approximate surface area is 124 Å². The fourth-order valence-electron chi connectivity index (χ4n) is 2.63. The largest absolute Gasteiger partial charge is 0.394 e. The topological polar surface area (TPSA) is 58.6 Å². The summed E-state index contributed by atoms with van der Waals surface area (Å²) in [5.41, 5.74) is 0.226. The van der Waals surface area contributed by atoms with Crippen molar-refractivity contribution < 1.29 is 14.6 Å². The first-order valence-corrected chi connectivity index (χ1v) is 7.32. The first-order chi connectivity index (χ1) is 9.65. The van der Waals surface area contributed by atoms with Crippen molar-refractivity contribution in [2.24, 2.45) is 0 Å². The van der Waals surface area contributed by atoms with Crippen molar-refractivity contribution in [3.8, 4) is 0 Å². The monoisotopic (exact) mass is 297 g/mol. The van der Waals surface area contributed by atoms with Gasteiger partial charge in [0, 0.05) is 17.1 Å². The molecule has 1 aromatic rings. The van der Waals surface area contributed by atoms with Gasteiger partial charge < -0.3 is 15.2 Å². The minimum atomic E-state index is -0.322. The van der Waals surface area contributed by atoms with E-state index in [0.29, 0.717) is 23.7 Å². The van der Waals surface area contributed by atoms with Gasteiger partial charge in [-0.15, -0.1) is 0 Å². The van der Waals surface area contributed by atoms with Gasteiger partial charge in [0.05, 0.1) is 18.8 Å². The maximum atomic E-state index is 12.1. The van der Waals surface area contributed by atoms with E-state index < -0.39 is 0 Å². The van der Waals surface area contributed by atoms with Crippen LogP contribution in [0.2, 0.25) is 5.02 Å². The molecule has 1 fully saturated rings. The van der Waals surface area contributed by atoms with Gasteiger partial charge in [-0.3, -0.25) is 4.79 Å². The molecule has 0 aliphatic heterocycles. The molecule has 1 amide bonds. The number of hydrogen-bond donors (Lipinski definition) is 2. The lowest BCUT2D eigenvalue weighted by atomic mass is 10.0. The zero-order chi connectivity index (χ0) is 14.4. The lowest BCUT2D eigenvalue weighted by molar-refractivity contribution is -0.0511. The molecule has 0 atom stereocenters. The summed E-state index contributed by atoms with van der Waals surface area (Å²) >= 11 is 5.88. The summed E-state index contributed by atoms with van der Waals surface area (Å²) in [6, 6.07) is 6.87. The van der Waals surface area contributed by atoms with Crippen LogP contribution in [0.1, 0.15) is 36.0 Å². The van der Waals surface area contributed by atoms with E-state index in [1.165, 1.54) is 0 Å². The van der Waals surface area contributed by atoms with E-state index in [4.69, 9.17) is 21.4 Å². The zero-order valence-corrected chi connectivity index (χ0v) is 12.2. The summed E-state index contributed by atoms with van der Waals surface area (Å²) in [5, 5.41) is 12.4. The first-order valence-electron chi connectivity index (χ1n) is 6.94. The quantitative estimate of drug-likeness (QED) is 0.847. The minimum Gasteiger partial charge on any atom is -0.394 e. The van der Waals surface area contributed by atoms with Gasteiger partial charge in [0.2, 0.25) is 0 Å². The van der Waals surface area contributed by atoms with Crippen molar-refractivity contribution >= 4 is 17.5 Å². The normalized spacial score (nSPS) is 17.1. The Bertz CT molecular complexity index is 458. The van der Waals surface area contributed by atoms with Crippen LogP contribution in [0.5, 0.6) is 0 Å². The van der Waals surface area contributed by atoms with Crippen molar-refractivity contribution in [1.29, 1.82) is 0 Å². The van der Waals surface area contributed by atoms with E-state index in [1.807, 2.05) is 0 Å². The van der Waals surface area contributed by atoms with Gasteiger partial charge in [0.25, 0.3) is 5.91 Å². The van der Waals surface area contributed by atoms with Crippen LogP contribution in [0.15, 0.2) is 24.3 Å². The number of halogens is 1. The molecule has 0 unspecified atom stereocenters. The van der Waals surface area contributed by atoms with Crippen LogP contribution in [0.25, 0.3) is 0 Å². The number of amides is 1. The molecule has 1 aromatic carbocycles. The maximum absolute atomic E-state index is 12.1. The summed E-state index contributed by atoms with van der Waals surface area (Å²) in [4.78, 5) is 12.1. The number of hydrogen-bond acceptors (Lipinski definition) is 3. The average Bonchev–Trinajstić information content (AvgIpc) is 2.92. The smallest absolute Gasteiger partial charge is 0.251 e. The molecule has 0 radical (unpaired) electrons. The Morgan fingerprint density at radius 1 is 1.40 bits per heavy atom. The molecule has 0 saturated heterocycles. The highest BCUT2D eigenvalue weighted by Gasteiger charge is 2.35. The molecule has 2 rings (SSSR count). The number of ether oxygens (including phenoxy) is 1. The fourth-order valence-corrected chi connectivity index (χ4v) is 2.82. The highest BCUT2D eigenvalue weighted by molar-refractivity contribution is 6.30. The molecule has 1 saturated carbocycles. The van der Waals surface area contributed by atoms with Crippen molar-refractivity contribution in [2.45, 2.75) is 31.3 Å². The van der Waals surface area contributed by atoms with E-state index in [1.54, 1.807) is 24.3 Å². The molecule has 0 bridgehead atoms. The molecule has 2 N–H and O–H groups in total. The second-order valence-electron chi connectivity index (χ2n) is 5.16. The summed E-state index contributed by atoms with van der Waals surface area (Å²) in [7, 11) is 0. The number of carbonyl (C=O) groups excluding carboxylic acids is 1. The van der Waals surface area contributed by atoms with Gasteiger partial charge >= 0.3 is 0 Å². The van der Waals surface area contributed by atoms with E-state index >= 15 is 0 Å². The third-order valence-electron chi connectivity index (χ3n) is 3.67. The van der Waals surface area contributed by atoms with E-state index in [-0.39, 0.29) is 18.1 Å². The molecule has 1 aliphatic carbocycles. The molecule has 4 nitrogen and oxygen atoms in total. The number of aliphatic hydroxyl groups is 1. The second-order valence-corrected chi connectivity index (χ2v) is 5.59. The molecule has 20 heavy (non-hydrogen) atoms. The van der Waals surface area contributed by atoms with Gasteiger partial charge in [0.1, 0.15) is 0 Å². The zero-order valence-electron chi connectivity index (χ0n) is 11.4. The van der Waals surface area contributed by atoms with E-state index in [9.17, 15) is 4.79 Å².